The Morgan fingerprint density at radius 1 is 1.13 bits per heavy atom. The Balaban J connectivity index is 1.71. The first-order chi connectivity index (χ1) is 14.4. The Bertz CT molecular complexity index is 1290. The second-order valence-electron chi connectivity index (χ2n) is 7.50. The summed E-state index contributed by atoms with van der Waals surface area (Å²) in [5, 5.41) is 3.33. The standard InChI is InChI=1S/C22H24N6O2/c1-4-20(29)26-22-24-18-8-6-15(12-19(18)25-22)14-5-7-17-16(11-14)21(30)28(13-23-17)10-9-27(2)3/h5-8,11-13H,4,9-10H2,1-3H3,(H2,24,25,26,29). The fourth-order valence-electron chi connectivity index (χ4n) is 3.27. The fraction of sp³-hybridized carbons (Fsp3) is 0.273. The molecule has 0 radical (unpaired) electrons. The molecule has 2 N–H and O–H groups in total. The number of carbonyl (C=O) groups excluding carboxylic acids is 1. The van der Waals surface area contributed by atoms with Gasteiger partial charge in [-0.25, -0.2) is 9.97 Å². The molecule has 8 nitrogen and oxygen atoms in total. The van der Waals surface area contributed by atoms with Crippen LogP contribution in [-0.2, 0) is 11.3 Å². The average Bonchev–Trinajstić information content (AvgIpc) is 3.14. The summed E-state index contributed by atoms with van der Waals surface area (Å²) in [5.41, 5.74) is 4.08. The van der Waals surface area contributed by atoms with Gasteiger partial charge in [0.15, 0.2) is 0 Å². The first kappa shape index (κ1) is 19.8. The van der Waals surface area contributed by atoms with Crippen molar-refractivity contribution in [1.82, 2.24) is 24.4 Å². The maximum absolute atomic E-state index is 12.9. The van der Waals surface area contributed by atoms with Crippen LogP contribution in [0.2, 0.25) is 0 Å². The number of nitrogens with zero attached hydrogens (tertiary/aromatic N) is 4. The lowest BCUT2D eigenvalue weighted by atomic mass is 10.0. The van der Waals surface area contributed by atoms with Gasteiger partial charge in [0.05, 0.1) is 28.3 Å². The minimum absolute atomic E-state index is 0.0455. The highest BCUT2D eigenvalue weighted by molar-refractivity contribution is 5.92. The van der Waals surface area contributed by atoms with Crippen LogP contribution < -0.4 is 10.9 Å². The number of rotatable bonds is 6. The van der Waals surface area contributed by atoms with E-state index in [1.807, 2.05) is 55.4 Å². The van der Waals surface area contributed by atoms with Crippen LogP contribution in [0.3, 0.4) is 0 Å². The molecule has 0 aliphatic heterocycles. The van der Waals surface area contributed by atoms with Crippen LogP contribution in [-0.4, -0.2) is 51.0 Å². The molecule has 4 aromatic rings. The fourth-order valence-corrected chi connectivity index (χ4v) is 3.27. The van der Waals surface area contributed by atoms with Crippen LogP contribution in [0.25, 0.3) is 33.1 Å². The Morgan fingerprint density at radius 2 is 1.87 bits per heavy atom. The van der Waals surface area contributed by atoms with Crippen molar-refractivity contribution < 1.29 is 4.79 Å². The first-order valence-electron chi connectivity index (χ1n) is 9.88. The second kappa shape index (κ2) is 8.08. The largest absolute Gasteiger partial charge is 0.324 e. The summed E-state index contributed by atoms with van der Waals surface area (Å²) in [6, 6.07) is 11.5. The van der Waals surface area contributed by atoms with Crippen molar-refractivity contribution in [3.8, 4) is 11.1 Å². The van der Waals surface area contributed by atoms with Gasteiger partial charge in [-0.15, -0.1) is 0 Å². The van der Waals surface area contributed by atoms with Crippen molar-refractivity contribution in [2.75, 3.05) is 26.0 Å². The summed E-state index contributed by atoms with van der Waals surface area (Å²) in [7, 11) is 3.95. The lowest BCUT2D eigenvalue weighted by Gasteiger charge is -2.11. The van der Waals surface area contributed by atoms with Gasteiger partial charge in [-0.1, -0.05) is 19.1 Å². The van der Waals surface area contributed by atoms with E-state index in [-0.39, 0.29) is 11.5 Å². The quantitative estimate of drug-likeness (QED) is 0.515. The molecule has 0 saturated heterocycles. The van der Waals surface area contributed by atoms with E-state index in [1.165, 1.54) is 0 Å². The van der Waals surface area contributed by atoms with Crippen molar-refractivity contribution in [1.29, 1.82) is 0 Å². The number of nitrogens with one attached hydrogen (secondary N) is 2. The normalized spacial score (nSPS) is 11.5. The number of hydrogen-bond acceptors (Lipinski definition) is 5. The number of amides is 1. The molecule has 0 aliphatic carbocycles. The highest BCUT2D eigenvalue weighted by Crippen LogP contribution is 2.26. The van der Waals surface area contributed by atoms with E-state index in [9.17, 15) is 9.59 Å². The molecule has 0 atom stereocenters. The number of fused-ring (bicyclic) bond motifs is 2. The SMILES string of the molecule is CCC(=O)Nc1nc2ccc(-c3ccc4ncn(CCN(C)C)c(=O)c4c3)cc2[nH]1. The third-order valence-corrected chi connectivity index (χ3v) is 5.01. The number of likely N-dealkylation sites (N-methyl/N-ethyl adjacent to an activating group) is 1. The van der Waals surface area contributed by atoms with Crippen molar-refractivity contribution in [2.45, 2.75) is 19.9 Å². The average molecular weight is 404 g/mol. The summed E-state index contributed by atoms with van der Waals surface area (Å²) in [6.07, 6.45) is 2.00. The molecule has 1 amide bonds. The molecule has 2 heterocycles. The molecule has 0 unspecified atom stereocenters. The molecule has 0 aliphatic rings. The van der Waals surface area contributed by atoms with E-state index in [0.29, 0.717) is 29.8 Å². The predicted octanol–water partition coefficient (Wildman–Crippen LogP) is 2.85. The van der Waals surface area contributed by atoms with Crippen molar-refractivity contribution >= 4 is 33.8 Å². The van der Waals surface area contributed by atoms with Gasteiger partial charge in [0.25, 0.3) is 5.56 Å². The van der Waals surface area contributed by atoms with Crippen molar-refractivity contribution in [3.05, 3.63) is 53.1 Å². The van der Waals surface area contributed by atoms with Crippen LogP contribution in [0.5, 0.6) is 0 Å². The van der Waals surface area contributed by atoms with Gasteiger partial charge < -0.3 is 9.88 Å². The molecule has 0 saturated carbocycles. The number of benzene rings is 2. The minimum Gasteiger partial charge on any atom is -0.324 e. The van der Waals surface area contributed by atoms with Crippen LogP contribution >= 0.6 is 0 Å². The monoisotopic (exact) mass is 404 g/mol. The predicted molar refractivity (Wildman–Crippen MR) is 119 cm³/mol. The number of anilines is 1. The third kappa shape index (κ3) is 3.95. The second-order valence-corrected chi connectivity index (χ2v) is 7.50. The summed E-state index contributed by atoms with van der Waals surface area (Å²) in [5.74, 6) is 0.336. The van der Waals surface area contributed by atoms with Gasteiger partial charge in [0, 0.05) is 19.5 Å². The molecule has 154 valence electrons. The number of aromatic amines is 1. The van der Waals surface area contributed by atoms with Crippen molar-refractivity contribution in [2.24, 2.45) is 0 Å². The molecule has 0 bridgehead atoms. The zero-order chi connectivity index (χ0) is 21.3. The van der Waals surface area contributed by atoms with Crippen LogP contribution in [0.15, 0.2) is 47.5 Å². The topological polar surface area (TPSA) is 95.9 Å². The molecule has 0 spiro atoms. The summed E-state index contributed by atoms with van der Waals surface area (Å²) in [4.78, 5) is 38.5. The Hall–Kier alpha value is -3.52. The smallest absolute Gasteiger partial charge is 0.261 e. The van der Waals surface area contributed by atoms with Crippen molar-refractivity contribution in [3.63, 3.8) is 0 Å². The number of H-pyrrole nitrogens is 1. The highest BCUT2D eigenvalue weighted by Gasteiger charge is 2.10. The van der Waals surface area contributed by atoms with Crippen LogP contribution in [0, 0.1) is 0 Å². The highest BCUT2D eigenvalue weighted by atomic mass is 16.1. The van der Waals surface area contributed by atoms with E-state index < -0.39 is 0 Å². The zero-order valence-corrected chi connectivity index (χ0v) is 17.3. The number of imidazole rings is 1. The molecular formula is C22H24N6O2. The Morgan fingerprint density at radius 3 is 2.60 bits per heavy atom. The third-order valence-electron chi connectivity index (χ3n) is 5.01. The lowest BCUT2D eigenvalue weighted by molar-refractivity contribution is -0.115. The number of aromatic nitrogens is 4. The zero-order valence-electron chi connectivity index (χ0n) is 17.3. The molecule has 2 aromatic heterocycles. The maximum atomic E-state index is 12.9. The summed E-state index contributed by atoms with van der Waals surface area (Å²) < 4.78 is 1.65. The van der Waals surface area contributed by atoms with E-state index >= 15 is 0 Å². The van der Waals surface area contributed by atoms with Crippen LogP contribution in [0.1, 0.15) is 13.3 Å². The molecule has 8 heteroatoms. The Kier molecular flexibility index (Phi) is 5.33. The van der Waals surface area contributed by atoms with Gasteiger partial charge in [0.2, 0.25) is 11.9 Å². The van der Waals surface area contributed by atoms with Gasteiger partial charge in [-0.2, -0.15) is 0 Å². The molecule has 0 fully saturated rings. The summed E-state index contributed by atoms with van der Waals surface area (Å²) in [6.45, 7) is 3.14. The van der Waals surface area contributed by atoms with Gasteiger partial charge >= 0.3 is 0 Å². The molecule has 2 aromatic carbocycles. The minimum atomic E-state index is -0.0955. The van der Waals surface area contributed by atoms with E-state index in [4.69, 9.17) is 0 Å². The van der Waals surface area contributed by atoms with E-state index in [2.05, 4.69) is 20.3 Å². The molecular weight excluding hydrogens is 380 g/mol. The maximum Gasteiger partial charge on any atom is 0.261 e. The Labute approximate surface area is 173 Å². The summed E-state index contributed by atoms with van der Waals surface area (Å²) >= 11 is 0. The number of hydrogen-bond donors (Lipinski definition) is 2. The van der Waals surface area contributed by atoms with Gasteiger partial charge in [0.1, 0.15) is 0 Å². The first-order valence-corrected chi connectivity index (χ1v) is 9.88. The molecule has 4 rings (SSSR count). The van der Waals surface area contributed by atoms with Gasteiger partial charge in [-0.05, 0) is 49.5 Å². The van der Waals surface area contributed by atoms with E-state index in [0.717, 1.165) is 28.7 Å². The molecule has 30 heavy (non-hydrogen) atoms. The van der Waals surface area contributed by atoms with E-state index in [1.54, 1.807) is 17.8 Å². The number of carbonyl (C=O) groups is 1. The van der Waals surface area contributed by atoms with Gasteiger partial charge in [-0.3, -0.25) is 19.5 Å². The lowest BCUT2D eigenvalue weighted by Crippen LogP contribution is -2.26. The van der Waals surface area contributed by atoms with Crippen LogP contribution in [0.4, 0.5) is 5.95 Å².